The van der Waals surface area contributed by atoms with Gasteiger partial charge in [0.2, 0.25) is 5.88 Å². The zero-order valence-electron chi connectivity index (χ0n) is 15.2. The van der Waals surface area contributed by atoms with Gasteiger partial charge in [0.1, 0.15) is 5.56 Å². The van der Waals surface area contributed by atoms with Crippen molar-refractivity contribution in [2.75, 3.05) is 20.2 Å². The number of nitrogens with zero attached hydrogens (tertiary/aromatic N) is 4. The van der Waals surface area contributed by atoms with Crippen LogP contribution in [0.5, 0.6) is 5.88 Å². The molecule has 3 aromatic rings. The topological polar surface area (TPSA) is 76.8 Å². The van der Waals surface area contributed by atoms with Crippen LogP contribution in [0.25, 0.3) is 4.96 Å². The number of hydrogen-bond acceptors (Lipinski definition) is 6. The van der Waals surface area contributed by atoms with Gasteiger partial charge in [-0.25, -0.2) is 9.97 Å². The number of methoxy groups -OCH3 is 1. The second kappa shape index (κ2) is 7.11. The van der Waals surface area contributed by atoms with E-state index in [1.54, 1.807) is 12.0 Å². The molecule has 0 bridgehead atoms. The van der Waals surface area contributed by atoms with Crippen LogP contribution in [0.2, 0.25) is 0 Å². The van der Waals surface area contributed by atoms with E-state index in [1.165, 1.54) is 21.9 Å². The van der Waals surface area contributed by atoms with Crippen LogP contribution in [-0.2, 0) is 0 Å². The SMILES string of the molecule is COc1ccc(C2CCN(C(=O)c3cnc4scc(C)n4c3=O)CC2)cn1. The number of aromatic nitrogens is 3. The molecule has 4 heterocycles. The summed E-state index contributed by atoms with van der Waals surface area (Å²) in [5.41, 5.74) is 1.80. The summed E-state index contributed by atoms with van der Waals surface area (Å²) in [6.45, 7) is 3.07. The van der Waals surface area contributed by atoms with E-state index in [9.17, 15) is 9.59 Å². The Balaban J connectivity index is 1.49. The molecule has 0 aliphatic carbocycles. The first-order chi connectivity index (χ1) is 13.1. The first-order valence-electron chi connectivity index (χ1n) is 8.83. The predicted octanol–water partition coefficient (Wildman–Crippen LogP) is 2.49. The Morgan fingerprint density at radius 2 is 2.00 bits per heavy atom. The monoisotopic (exact) mass is 384 g/mol. The average molecular weight is 384 g/mol. The van der Waals surface area contributed by atoms with Crippen molar-refractivity contribution in [3.8, 4) is 5.88 Å². The Morgan fingerprint density at radius 1 is 1.22 bits per heavy atom. The maximum Gasteiger partial charge on any atom is 0.271 e. The molecule has 1 aliphatic heterocycles. The molecule has 4 rings (SSSR count). The number of piperidine rings is 1. The van der Waals surface area contributed by atoms with E-state index in [0.717, 1.165) is 24.1 Å². The van der Waals surface area contributed by atoms with E-state index >= 15 is 0 Å². The van der Waals surface area contributed by atoms with E-state index in [4.69, 9.17) is 4.74 Å². The molecule has 0 saturated carbocycles. The highest BCUT2D eigenvalue weighted by Crippen LogP contribution is 2.28. The summed E-state index contributed by atoms with van der Waals surface area (Å²) in [6.07, 6.45) is 4.93. The molecule has 7 nitrogen and oxygen atoms in total. The molecule has 0 atom stereocenters. The van der Waals surface area contributed by atoms with Crippen molar-refractivity contribution in [2.24, 2.45) is 0 Å². The molecule has 1 aliphatic rings. The summed E-state index contributed by atoms with van der Waals surface area (Å²) in [4.78, 5) is 36.5. The molecule has 1 fully saturated rings. The van der Waals surface area contributed by atoms with Gasteiger partial charge in [0, 0.05) is 42.6 Å². The standard InChI is InChI=1S/C19H20N4O3S/c1-12-11-27-19-21-10-15(18(25)23(12)19)17(24)22-7-5-13(6-8-22)14-3-4-16(26-2)20-9-14/h3-4,9-11,13H,5-8H2,1-2H3. The number of carbonyl (C=O) groups is 1. The Morgan fingerprint density at radius 3 is 2.67 bits per heavy atom. The van der Waals surface area contributed by atoms with Crippen molar-refractivity contribution in [1.29, 1.82) is 0 Å². The van der Waals surface area contributed by atoms with Crippen molar-refractivity contribution in [3.05, 3.63) is 57.1 Å². The molecular formula is C19H20N4O3S. The van der Waals surface area contributed by atoms with Crippen LogP contribution in [0.3, 0.4) is 0 Å². The minimum atomic E-state index is -0.287. The molecule has 0 N–H and O–H groups in total. The average Bonchev–Trinajstić information content (AvgIpc) is 3.10. The van der Waals surface area contributed by atoms with Gasteiger partial charge in [-0.15, -0.1) is 11.3 Å². The summed E-state index contributed by atoms with van der Waals surface area (Å²) in [5, 5.41) is 1.87. The third-order valence-electron chi connectivity index (χ3n) is 5.07. The smallest absolute Gasteiger partial charge is 0.271 e. The zero-order chi connectivity index (χ0) is 19.0. The number of hydrogen-bond donors (Lipinski definition) is 0. The lowest BCUT2D eigenvalue weighted by atomic mass is 9.90. The van der Waals surface area contributed by atoms with E-state index in [-0.39, 0.29) is 17.0 Å². The molecule has 0 unspecified atom stereocenters. The number of pyridine rings is 1. The van der Waals surface area contributed by atoms with Gasteiger partial charge in [0.25, 0.3) is 11.5 Å². The molecule has 27 heavy (non-hydrogen) atoms. The van der Waals surface area contributed by atoms with E-state index in [2.05, 4.69) is 9.97 Å². The molecule has 1 saturated heterocycles. The summed E-state index contributed by atoms with van der Waals surface area (Å²) >= 11 is 1.40. The quantitative estimate of drug-likeness (QED) is 0.693. The van der Waals surface area contributed by atoms with Crippen molar-refractivity contribution < 1.29 is 9.53 Å². The number of thiazole rings is 1. The lowest BCUT2D eigenvalue weighted by Gasteiger charge is -2.32. The van der Waals surface area contributed by atoms with Crippen molar-refractivity contribution in [2.45, 2.75) is 25.7 Å². The van der Waals surface area contributed by atoms with Gasteiger partial charge in [-0.3, -0.25) is 14.0 Å². The lowest BCUT2D eigenvalue weighted by Crippen LogP contribution is -2.40. The van der Waals surface area contributed by atoms with Gasteiger partial charge >= 0.3 is 0 Å². The van der Waals surface area contributed by atoms with Crippen LogP contribution < -0.4 is 10.3 Å². The Kier molecular flexibility index (Phi) is 4.65. The van der Waals surface area contributed by atoms with Crippen LogP contribution in [0.4, 0.5) is 0 Å². The fourth-order valence-electron chi connectivity index (χ4n) is 3.51. The van der Waals surface area contributed by atoms with Crippen molar-refractivity contribution >= 4 is 22.2 Å². The van der Waals surface area contributed by atoms with Crippen LogP contribution >= 0.6 is 11.3 Å². The van der Waals surface area contributed by atoms with E-state index in [0.29, 0.717) is 29.8 Å². The summed E-state index contributed by atoms with van der Waals surface area (Å²) in [5.74, 6) is 0.713. The van der Waals surface area contributed by atoms with Crippen LogP contribution in [-0.4, -0.2) is 45.4 Å². The highest BCUT2D eigenvalue weighted by Gasteiger charge is 2.27. The molecule has 140 valence electrons. The van der Waals surface area contributed by atoms with Crippen LogP contribution in [0, 0.1) is 6.92 Å². The largest absolute Gasteiger partial charge is 0.481 e. The highest BCUT2D eigenvalue weighted by atomic mass is 32.1. The van der Waals surface area contributed by atoms with Gasteiger partial charge in [-0.05, 0) is 31.2 Å². The van der Waals surface area contributed by atoms with Crippen molar-refractivity contribution in [3.63, 3.8) is 0 Å². The first kappa shape index (κ1) is 17.7. The fourth-order valence-corrected chi connectivity index (χ4v) is 4.34. The molecule has 1 amide bonds. The summed E-state index contributed by atoms with van der Waals surface area (Å²) < 4.78 is 6.61. The number of amides is 1. The molecule has 8 heteroatoms. The summed E-state index contributed by atoms with van der Waals surface area (Å²) in [7, 11) is 1.60. The van der Waals surface area contributed by atoms with E-state index in [1.807, 2.05) is 30.6 Å². The second-order valence-electron chi connectivity index (χ2n) is 6.67. The normalized spacial score (nSPS) is 15.3. The molecule has 0 spiro atoms. The Hall–Kier alpha value is -2.74. The lowest BCUT2D eigenvalue weighted by molar-refractivity contribution is 0.0710. The van der Waals surface area contributed by atoms with Crippen LogP contribution in [0.15, 0.2) is 34.7 Å². The third kappa shape index (κ3) is 3.21. The van der Waals surface area contributed by atoms with Crippen LogP contribution in [0.1, 0.15) is 40.4 Å². The first-order valence-corrected chi connectivity index (χ1v) is 9.71. The molecule has 0 aromatic carbocycles. The van der Waals surface area contributed by atoms with E-state index < -0.39 is 0 Å². The maximum atomic E-state index is 12.9. The Labute approximate surface area is 160 Å². The zero-order valence-corrected chi connectivity index (χ0v) is 16.0. The summed E-state index contributed by atoms with van der Waals surface area (Å²) in [6, 6.07) is 3.88. The maximum absolute atomic E-state index is 12.9. The number of ether oxygens (including phenoxy) is 1. The number of aryl methyl sites for hydroxylation is 1. The number of rotatable bonds is 3. The minimum Gasteiger partial charge on any atom is -0.481 e. The second-order valence-corrected chi connectivity index (χ2v) is 7.51. The van der Waals surface area contributed by atoms with Gasteiger partial charge in [-0.2, -0.15) is 0 Å². The number of carbonyl (C=O) groups excluding carboxylic acids is 1. The van der Waals surface area contributed by atoms with Crippen molar-refractivity contribution in [1.82, 2.24) is 19.3 Å². The van der Waals surface area contributed by atoms with Gasteiger partial charge in [0.05, 0.1) is 7.11 Å². The molecule has 3 aromatic heterocycles. The number of fused-ring (bicyclic) bond motifs is 1. The molecular weight excluding hydrogens is 364 g/mol. The minimum absolute atomic E-state index is 0.138. The Bertz CT molecular complexity index is 1030. The van der Waals surface area contributed by atoms with Gasteiger partial charge in [0.15, 0.2) is 4.96 Å². The highest BCUT2D eigenvalue weighted by molar-refractivity contribution is 7.15. The van der Waals surface area contributed by atoms with Gasteiger partial charge < -0.3 is 9.64 Å². The predicted molar refractivity (Wildman–Crippen MR) is 103 cm³/mol. The van der Waals surface area contributed by atoms with Gasteiger partial charge in [-0.1, -0.05) is 6.07 Å². The number of likely N-dealkylation sites (tertiary alicyclic amines) is 1. The third-order valence-corrected chi connectivity index (χ3v) is 6.03. The molecule has 0 radical (unpaired) electrons. The fraction of sp³-hybridized carbons (Fsp3) is 0.368.